The van der Waals surface area contributed by atoms with Crippen LogP contribution in [0, 0.1) is 6.92 Å². The molecule has 0 aromatic heterocycles. The highest BCUT2D eigenvalue weighted by Crippen LogP contribution is 2.34. The van der Waals surface area contributed by atoms with Crippen molar-refractivity contribution in [2.75, 3.05) is 4.90 Å². The van der Waals surface area contributed by atoms with E-state index in [1.54, 1.807) is 0 Å². The van der Waals surface area contributed by atoms with Gasteiger partial charge < -0.3 is 4.90 Å². The lowest BCUT2D eigenvalue weighted by Crippen LogP contribution is -2.18. The molecule has 2 aromatic rings. The van der Waals surface area contributed by atoms with E-state index in [1.807, 2.05) is 0 Å². The van der Waals surface area contributed by atoms with Crippen LogP contribution in [0.5, 0.6) is 0 Å². The molecule has 0 bridgehead atoms. The van der Waals surface area contributed by atoms with Crippen molar-refractivity contribution in [3.63, 3.8) is 0 Å². The molecule has 0 fully saturated rings. The van der Waals surface area contributed by atoms with Gasteiger partial charge in [-0.3, -0.25) is 0 Å². The van der Waals surface area contributed by atoms with Gasteiger partial charge in [-0.15, -0.1) is 0 Å². The number of hydrogen-bond acceptors (Lipinski definition) is 1. The minimum atomic E-state index is 0.181. The molecule has 0 spiro atoms. The summed E-state index contributed by atoms with van der Waals surface area (Å²) >= 11 is 0. The van der Waals surface area contributed by atoms with Gasteiger partial charge in [0.25, 0.3) is 0 Å². The van der Waals surface area contributed by atoms with Crippen LogP contribution in [-0.4, -0.2) is 0 Å². The van der Waals surface area contributed by atoms with Gasteiger partial charge in [-0.05, 0) is 61.1 Å². The Bertz CT molecular complexity index is 740. The molecule has 0 saturated carbocycles. The maximum Gasteiger partial charge on any atom is 0.0458 e. The van der Waals surface area contributed by atoms with Crippen LogP contribution in [0.1, 0.15) is 44.7 Å². The molecule has 0 unspecified atom stereocenters. The smallest absolute Gasteiger partial charge is 0.0458 e. The molecule has 0 radical (unpaired) electrons. The van der Waals surface area contributed by atoms with Crippen molar-refractivity contribution in [2.24, 2.45) is 0 Å². The Morgan fingerprint density at radius 2 is 1.42 bits per heavy atom. The Hall–Kier alpha value is -2.28. The highest BCUT2D eigenvalue weighted by molar-refractivity contribution is 5.69. The fourth-order valence-electron chi connectivity index (χ4n) is 3.06. The fraction of sp³-hybridized carbons (Fsp3) is 0.304. The lowest BCUT2D eigenvalue weighted by Gasteiger charge is -2.29. The molecule has 0 saturated heterocycles. The molecule has 0 amide bonds. The summed E-state index contributed by atoms with van der Waals surface area (Å²) in [5.41, 5.74) is 6.65. The number of hydrogen-bond donors (Lipinski definition) is 0. The Kier molecular flexibility index (Phi) is 4.62. The standard InChI is InChI=1S/C23H27N/c1-18-10-14-21(15-11-18)24(20-8-6-5-7-9-20)22-16-12-19(13-17-22)23(2,3)4/h5-6,8,10-17H,7,9H2,1-4H3. The number of benzene rings is 2. The van der Waals surface area contributed by atoms with E-state index < -0.39 is 0 Å². The van der Waals surface area contributed by atoms with Gasteiger partial charge in [-0.25, -0.2) is 0 Å². The van der Waals surface area contributed by atoms with Crippen LogP contribution >= 0.6 is 0 Å². The van der Waals surface area contributed by atoms with Crippen LogP contribution in [0.3, 0.4) is 0 Å². The van der Waals surface area contributed by atoms with Gasteiger partial charge in [-0.1, -0.05) is 62.8 Å². The number of allylic oxidation sites excluding steroid dienone is 4. The third-order valence-electron chi connectivity index (χ3n) is 4.56. The first-order valence-corrected chi connectivity index (χ1v) is 8.78. The van der Waals surface area contributed by atoms with Crippen LogP contribution in [0.4, 0.5) is 11.4 Å². The first-order valence-electron chi connectivity index (χ1n) is 8.78. The van der Waals surface area contributed by atoms with E-state index in [0.29, 0.717) is 0 Å². The zero-order chi connectivity index (χ0) is 17.2. The molecule has 0 aliphatic heterocycles. The van der Waals surface area contributed by atoms with E-state index >= 15 is 0 Å². The molecule has 0 atom stereocenters. The Morgan fingerprint density at radius 3 is 1.92 bits per heavy atom. The minimum absolute atomic E-state index is 0.181. The van der Waals surface area contributed by atoms with Gasteiger partial charge in [0.15, 0.2) is 0 Å². The first-order chi connectivity index (χ1) is 11.4. The van der Waals surface area contributed by atoms with Crippen molar-refractivity contribution in [1.29, 1.82) is 0 Å². The summed E-state index contributed by atoms with van der Waals surface area (Å²) in [7, 11) is 0. The maximum absolute atomic E-state index is 2.38. The normalized spacial score (nSPS) is 14.4. The Morgan fingerprint density at radius 1 is 0.833 bits per heavy atom. The van der Waals surface area contributed by atoms with Crippen molar-refractivity contribution in [2.45, 2.75) is 46.0 Å². The van der Waals surface area contributed by atoms with Gasteiger partial charge in [0.05, 0.1) is 0 Å². The second kappa shape index (κ2) is 6.68. The van der Waals surface area contributed by atoms with Crippen molar-refractivity contribution >= 4 is 11.4 Å². The van der Waals surface area contributed by atoms with Gasteiger partial charge in [0.1, 0.15) is 0 Å². The average molecular weight is 317 g/mol. The predicted octanol–water partition coefficient (Wildman–Crippen LogP) is 6.66. The van der Waals surface area contributed by atoms with Gasteiger partial charge in [0.2, 0.25) is 0 Å². The van der Waals surface area contributed by atoms with Crippen LogP contribution in [0.15, 0.2) is 72.5 Å². The van der Waals surface area contributed by atoms with Gasteiger partial charge >= 0.3 is 0 Å². The third kappa shape index (κ3) is 3.62. The van der Waals surface area contributed by atoms with Crippen molar-refractivity contribution < 1.29 is 0 Å². The summed E-state index contributed by atoms with van der Waals surface area (Å²) in [5, 5.41) is 0. The lowest BCUT2D eigenvalue weighted by molar-refractivity contribution is 0.590. The van der Waals surface area contributed by atoms with E-state index in [4.69, 9.17) is 0 Å². The van der Waals surface area contributed by atoms with Crippen LogP contribution in [0.2, 0.25) is 0 Å². The molecule has 2 aromatic carbocycles. The lowest BCUT2D eigenvalue weighted by atomic mass is 9.87. The average Bonchev–Trinajstić information content (AvgIpc) is 2.58. The van der Waals surface area contributed by atoms with E-state index in [9.17, 15) is 0 Å². The zero-order valence-electron chi connectivity index (χ0n) is 15.2. The Labute approximate surface area is 146 Å². The summed E-state index contributed by atoms with van der Waals surface area (Å²) < 4.78 is 0. The van der Waals surface area contributed by atoms with E-state index in [-0.39, 0.29) is 5.41 Å². The van der Waals surface area contributed by atoms with Gasteiger partial charge in [-0.2, -0.15) is 0 Å². The maximum atomic E-state index is 2.38. The number of aryl methyl sites for hydroxylation is 1. The second-order valence-electron chi connectivity index (χ2n) is 7.59. The van der Waals surface area contributed by atoms with E-state index in [0.717, 1.165) is 12.8 Å². The molecule has 0 heterocycles. The van der Waals surface area contributed by atoms with Crippen LogP contribution in [0.25, 0.3) is 0 Å². The topological polar surface area (TPSA) is 3.24 Å². The summed E-state index contributed by atoms with van der Waals surface area (Å²) in [6.45, 7) is 8.91. The molecular weight excluding hydrogens is 290 g/mol. The molecule has 1 aliphatic carbocycles. The molecule has 0 N–H and O–H groups in total. The van der Waals surface area contributed by atoms with Gasteiger partial charge in [0, 0.05) is 17.1 Å². The molecule has 1 heteroatoms. The molecule has 1 aliphatic rings. The quantitative estimate of drug-likeness (QED) is 0.611. The molecule has 124 valence electrons. The summed E-state index contributed by atoms with van der Waals surface area (Å²) in [6, 6.07) is 17.8. The highest BCUT2D eigenvalue weighted by atomic mass is 15.1. The molecule has 1 nitrogen and oxygen atoms in total. The van der Waals surface area contributed by atoms with E-state index in [1.165, 1.54) is 28.2 Å². The SMILES string of the molecule is Cc1ccc(N(C2=CC=CCC2)c2ccc(C(C)(C)C)cc2)cc1. The zero-order valence-corrected chi connectivity index (χ0v) is 15.2. The fourth-order valence-corrected chi connectivity index (χ4v) is 3.06. The number of rotatable bonds is 3. The minimum Gasteiger partial charge on any atom is -0.314 e. The Balaban J connectivity index is 2.02. The summed E-state index contributed by atoms with van der Waals surface area (Å²) in [6.07, 6.45) is 8.82. The summed E-state index contributed by atoms with van der Waals surface area (Å²) in [5.74, 6) is 0. The third-order valence-corrected chi connectivity index (χ3v) is 4.56. The monoisotopic (exact) mass is 317 g/mol. The van der Waals surface area contributed by atoms with Crippen molar-refractivity contribution in [1.82, 2.24) is 0 Å². The predicted molar refractivity (Wildman–Crippen MR) is 105 cm³/mol. The van der Waals surface area contributed by atoms with E-state index in [2.05, 4.69) is 99.4 Å². The van der Waals surface area contributed by atoms with Crippen molar-refractivity contribution in [3.05, 3.63) is 83.6 Å². The van der Waals surface area contributed by atoms with Crippen LogP contribution < -0.4 is 4.90 Å². The molecular formula is C23H27N. The second-order valence-corrected chi connectivity index (χ2v) is 7.59. The molecule has 24 heavy (non-hydrogen) atoms. The highest BCUT2D eigenvalue weighted by Gasteiger charge is 2.17. The molecule has 3 rings (SSSR count). The number of anilines is 2. The first kappa shape index (κ1) is 16.6. The largest absolute Gasteiger partial charge is 0.314 e. The summed E-state index contributed by atoms with van der Waals surface area (Å²) in [4.78, 5) is 2.38. The van der Waals surface area contributed by atoms with Crippen LogP contribution in [-0.2, 0) is 5.41 Å². The number of nitrogens with zero attached hydrogens (tertiary/aromatic N) is 1. The van der Waals surface area contributed by atoms with Crippen molar-refractivity contribution in [3.8, 4) is 0 Å².